The van der Waals surface area contributed by atoms with Crippen LogP contribution in [-0.2, 0) is 21.9 Å². The molecule has 0 fully saturated rings. The summed E-state index contributed by atoms with van der Waals surface area (Å²) in [5.41, 5.74) is 7.22. The Morgan fingerprint density at radius 3 is 2.34 bits per heavy atom. The number of hydrazone groups is 1. The second-order valence-corrected chi connectivity index (χ2v) is 10.2. The van der Waals surface area contributed by atoms with Crippen molar-refractivity contribution in [2.75, 3.05) is 0 Å². The van der Waals surface area contributed by atoms with E-state index in [0.717, 1.165) is 27.7 Å². The first-order valence-electron chi connectivity index (χ1n) is 11.3. The molecule has 1 heterocycles. The molecule has 3 aromatic carbocycles. The van der Waals surface area contributed by atoms with E-state index >= 15 is 0 Å². The minimum Gasteiger partial charge on any atom is -0.347 e. The molecule has 180 valence electrons. The van der Waals surface area contributed by atoms with Gasteiger partial charge in [-0.05, 0) is 37.6 Å². The van der Waals surface area contributed by atoms with Crippen LogP contribution in [0.3, 0.4) is 0 Å². The summed E-state index contributed by atoms with van der Waals surface area (Å²) in [6.07, 6.45) is 1.52. The number of carbonyl (C=O) groups excluding carboxylic acids is 1. The topological polar surface area (TPSA) is 92.6 Å². The second-order valence-electron chi connectivity index (χ2n) is 8.47. The fraction of sp³-hybridized carbons (Fsp3) is 0.185. The van der Waals surface area contributed by atoms with Crippen molar-refractivity contribution in [1.29, 1.82) is 0 Å². The Hall–Kier alpha value is -3.75. The smallest absolute Gasteiger partial charge is 0.242 e. The summed E-state index contributed by atoms with van der Waals surface area (Å²) in [7, 11) is -1.85. The molecule has 0 spiro atoms. The van der Waals surface area contributed by atoms with Crippen LogP contribution >= 0.6 is 0 Å². The van der Waals surface area contributed by atoms with Crippen molar-refractivity contribution in [1.82, 2.24) is 14.7 Å². The molecule has 4 aromatic rings. The summed E-state index contributed by atoms with van der Waals surface area (Å²) in [6.45, 7) is 3.88. The Morgan fingerprint density at radius 1 is 0.971 bits per heavy atom. The lowest BCUT2D eigenvalue weighted by atomic mass is 10.0. The van der Waals surface area contributed by atoms with Crippen molar-refractivity contribution in [3.63, 3.8) is 0 Å². The number of hydrogen-bond acceptors (Lipinski definition) is 4. The highest BCUT2D eigenvalue weighted by Crippen LogP contribution is 2.23. The van der Waals surface area contributed by atoms with Crippen LogP contribution in [0.2, 0.25) is 0 Å². The Morgan fingerprint density at radius 2 is 1.63 bits per heavy atom. The van der Waals surface area contributed by atoms with E-state index in [2.05, 4.69) is 19.8 Å². The number of fused-ring (bicyclic) bond motifs is 1. The van der Waals surface area contributed by atoms with Gasteiger partial charge in [0.1, 0.15) is 0 Å². The third-order valence-electron chi connectivity index (χ3n) is 6.05. The number of sulfonamides is 1. The molecular weight excluding hydrogens is 460 g/mol. The highest BCUT2D eigenvalue weighted by molar-refractivity contribution is 7.89. The molecule has 0 aliphatic carbocycles. The quantitative estimate of drug-likeness (QED) is 0.285. The van der Waals surface area contributed by atoms with Gasteiger partial charge in [0, 0.05) is 35.6 Å². The molecule has 1 aromatic heterocycles. The van der Waals surface area contributed by atoms with Crippen LogP contribution < -0.4 is 10.1 Å². The molecule has 0 bridgehead atoms. The van der Waals surface area contributed by atoms with Crippen LogP contribution in [-0.4, -0.2) is 25.1 Å². The molecule has 4 rings (SSSR count). The SMILES string of the molecule is Cc1ccc(S(=O)(=O)N[C@@H](CC(=O)N/N=C\c2c(C)n(C)c3ccccc23)c2ccccc2)cc1. The van der Waals surface area contributed by atoms with Crippen LogP contribution in [0.4, 0.5) is 0 Å². The summed E-state index contributed by atoms with van der Waals surface area (Å²) < 4.78 is 30.7. The summed E-state index contributed by atoms with van der Waals surface area (Å²) in [4.78, 5) is 12.9. The highest BCUT2D eigenvalue weighted by Gasteiger charge is 2.23. The van der Waals surface area contributed by atoms with Crippen LogP contribution in [0.25, 0.3) is 10.9 Å². The summed E-state index contributed by atoms with van der Waals surface area (Å²) in [5, 5.41) is 5.20. The zero-order chi connectivity index (χ0) is 25.0. The molecule has 0 unspecified atom stereocenters. The van der Waals surface area contributed by atoms with Gasteiger partial charge in [0.2, 0.25) is 15.9 Å². The fourth-order valence-corrected chi connectivity index (χ4v) is 5.22. The van der Waals surface area contributed by atoms with Crippen molar-refractivity contribution in [3.05, 3.63) is 101 Å². The molecule has 35 heavy (non-hydrogen) atoms. The van der Waals surface area contributed by atoms with Gasteiger partial charge in [-0.1, -0.05) is 66.2 Å². The Bertz CT molecular complexity index is 1470. The van der Waals surface area contributed by atoms with Crippen LogP contribution in [0.1, 0.15) is 34.8 Å². The van der Waals surface area contributed by atoms with E-state index in [1.165, 1.54) is 0 Å². The largest absolute Gasteiger partial charge is 0.347 e. The molecule has 1 atom stereocenters. The molecule has 0 aliphatic rings. The number of aromatic nitrogens is 1. The monoisotopic (exact) mass is 488 g/mol. The van der Waals surface area contributed by atoms with Crippen LogP contribution in [0, 0.1) is 13.8 Å². The van der Waals surface area contributed by atoms with Crippen molar-refractivity contribution in [2.45, 2.75) is 31.2 Å². The summed E-state index contributed by atoms with van der Waals surface area (Å²) >= 11 is 0. The standard InChI is InChI=1S/C27H28N4O3S/c1-19-13-15-22(16-14-19)35(33,34)30-25(21-9-5-4-6-10-21)17-27(32)29-28-18-24-20(2)31(3)26-12-8-7-11-23(24)26/h4-16,18,25,30H,17H2,1-3H3,(H,29,32)/b28-18-/t25-/m0/s1. The normalized spacial score (nSPS) is 12.8. The van der Waals surface area contributed by atoms with Crippen molar-refractivity contribution in [2.24, 2.45) is 12.1 Å². The second kappa shape index (κ2) is 10.2. The number of rotatable bonds is 8. The van der Waals surface area contributed by atoms with Crippen LogP contribution in [0.15, 0.2) is 88.9 Å². The molecule has 7 nitrogen and oxygen atoms in total. The van der Waals surface area contributed by atoms with Crippen molar-refractivity contribution in [3.8, 4) is 0 Å². The molecule has 2 N–H and O–H groups in total. The van der Waals surface area contributed by atoms with E-state index in [0.29, 0.717) is 5.56 Å². The van der Waals surface area contributed by atoms with Crippen molar-refractivity contribution >= 4 is 33.0 Å². The first-order valence-corrected chi connectivity index (χ1v) is 12.7. The maximum Gasteiger partial charge on any atom is 0.242 e. The molecule has 0 radical (unpaired) electrons. The number of amides is 1. The number of aryl methyl sites for hydroxylation is 2. The first-order chi connectivity index (χ1) is 16.8. The van der Waals surface area contributed by atoms with Gasteiger partial charge in [0.05, 0.1) is 17.2 Å². The third-order valence-corrected chi connectivity index (χ3v) is 7.54. The Kier molecular flexibility index (Phi) is 7.14. The van der Waals surface area contributed by atoms with Gasteiger partial charge in [0.15, 0.2) is 0 Å². The predicted octanol–water partition coefficient (Wildman–Crippen LogP) is 4.36. The predicted molar refractivity (Wildman–Crippen MR) is 139 cm³/mol. The molecule has 1 amide bonds. The molecule has 0 saturated carbocycles. The van der Waals surface area contributed by atoms with E-state index in [1.807, 2.05) is 63.4 Å². The van der Waals surface area contributed by atoms with Crippen LogP contribution in [0.5, 0.6) is 0 Å². The van der Waals surface area contributed by atoms with E-state index in [9.17, 15) is 13.2 Å². The van der Waals surface area contributed by atoms with Gasteiger partial charge >= 0.3 is 0 Å². The van der Waals surface area contributed by atoms with Gasteiger partial charge in [-0.25, -0.2) is 18.6 Å². The fourth-order valence-electron chi connectivity index (χ4n) is 4.00. The lowest BCUT2D eigenvalue weighted by Crippen LogP contribution is -2.32. The number of nitrogens with one attached hydrogen (secondary N) is 2. The number of carbonyl (C=O) groups is 1. The summed E-state index contributed by atoms with van der Waals surface area (Å²) in [6, 6.07) is 22.8. The molecule has 0 aliphatic heterocycles. The van der Waals surface area contributed by atoms with Gasteiger partial charge in [-0.3, -0.25) is 4.79 Å². The van der Waals surface area contributed by atoms with Gasteiger partial charge in [0.25, 0.3) is 0 Å². The first kappa shape index (κ1) is 24.4. The van der Waals surface area contributed by atoms with Gasteiger partial charge in [-0.15, -0.1) is 0 Å². The Balaban J connectivity index is 1.51. The van der Waals surface area contributed by atoms with E-state index < -0.39 is 22.0 Å². The molecule has 8 heteroatoms. The lowest BCUT2D eigenvalue weighted by molar-refractivity contribution is -0.121. The molecule has 0 saturated heterocycles. The zero-order valence-corrected chi connectivity index (χ0v) is 20.7. The minimum atomic E-state index is -3.83. The third kappa shape index (κ3) is 5.50. The highest BCUT2D eigenvalue weighted by atomic mass is 32.2. The molecular formula is C27H28N4O3S. The van der Waals surface area contributed by atoms with E-state index in [-0.39, 0.29) is 11.3 Å². The van der Waals surface area contributed by atoms with Gasteiger partial charge in [-0.2, -0.15) is 5.10 Å². The Labute approximate surface area is 205 Å². The number of para-hydroxylation sites is 1. The maximum absolute atomic E-state index is 13.0. The lowest BCUT2D eigenvalue weighted by Gasteiger charge is -2.18. The summed E-state index contributed by atoms with van der Waals surface area (Å²) in [5.74, 6) is -0.403. The number of hydrogen-bond donors (Lipinski definition) is 2. The number of nitrogens with zero attached hydrogens (tertiary/aromatic N) is 2. The average molecular weight is 489 g/mol. The average Bonchev–Trinajstić information content (AvgIpc) is 3.09. The van der Waals surface area contributed by atoms with E-state index in [1.54, 1.807) is 42.6 Å². The zero-order valence-electron chi connectivity index (χ0n) is 19.9. The number of benzene rings is 3. The van der Waals surface area contributed by atoms with Crippen molar-refractivity contribution < 1.29 is 13.2 Å². The van der Waals surface area contributed by atoms with Gasteiger partial charge < -0.3 is 4.57 Å². The van der Waals surface area contributed by atoms with E-state index in [4.69, 9.17) is 0 Å². The maximum atomic E-state index is 13.0. The minimum absolute atomic E-state index is 0.110.